The molecule has 0 fully saturated rings. The van der Waals surface area contributed by atoms with Crippen LogP contribution in [0.15, 0.2) is 0 Å². The summed E-state index contributed by atoms with van der Waals surface area (Å²) in [5.41, 5.74) is -0.407. The monoisotopic (exact) mass is 231 g/mol. The van der Waals surface area contributed by atoms with Gasteiger partial charge in [-0.05, 0) is 41.2 Å². The van der Waals surface area contributed by atoms with E-state index in [0.29, 0.717) is 13.0 Å². The standard InChI is InChI=1S/C12H25NO3/c1-10(14)6-8-13(5)9-7-11(15)16-12(2,3)4/h10,14H,6-9H2,1-5H3. The molecule has 0 aromatic heterocycles. The third kappa shape index (κ3) is 9.93. The van der Waals surface area contributed by atoms with Crippen molar-refractivity contribution >= 4 is 5.97 Å². The van der Waals surface area contributed by atoms with Gasteiger partial charge >= 0.3 is 5.97 Å². The van der Waals surface area contributed by atoms with Gasteiger partial charge in [-0.3, -0.25) is 4.79 Å². The van der Waals surface area contributed by atoms with Crippen LogP contribution in [0.1, 0.15) is 40.5 Å². The zero-order chi connectivity index (χ0) is 12.8. The summed E-state index contributed by atoms with van der Waals surface area (Å²) in [5.74, 6) is -0.170. The first-order chi connectivity index (χ1) is 7.20. The Balaban J connectivity index is 3.67. The lowest BCUT2D eigenvalue weighted by molar-refractivity contribution is -0.155. The Bertz CT molecular complexity index is 209. The highest BCUT2D eigenvalue weighted by Crippen LogP contribution is 2.08. The topological polar surface area (TPSA) is 49.8 Å². The van der Waals surface area contributed by atoms with E-state index in [1.165, 1.54) is 0 Å². The molecule has 16 heavy (non-hydrogen) atoms. The van der Waals surface area contributed by atoms with Crippen LogP contribution in [0, 0.1) is 0 Å². The molecular weight excluding hydrogens is 206 g/mol. The summed E-state index contributed by atoms with van der Waals surface area (Å²) in [5, 5.41) is 9.11. The summed E-state index contributed by atoms with van der Waals surface area (Å²) in [6.07, 6.45) is 0.835. The molecule has 1 atom stereocenters. The summed E-state index contributed by atoms with van der Waals surface area (Å²) in [7, 11) is 1.94. The summed E-state index contributed by atoms with van der Waals surface area (Å²) < 4.78 is 5.20. The van der Waals surface area contributed by atoms with Crippen molar-refractivity contribution in [3.63, 3.8) is 0 Å². The quantitative estimate of drug-likeness (QED) is 0.702. The van der Waals surface area contributed by atoms with Crippen molar-refractivity contribution in [2.75, 3.05) is 20.1 Å². The molecule has 1 N–H and O–H groups in total. The molecule has 0 saturated carbocycles. The summed E-state index contributed by atoms with van der Waals surface area (Å²) in [6.45, 7) is 8.82. The number of esters is 1. The van der Waals surface area contributed by atoms with Gasteiger partial charge in [-0.15, -0.1) is 0 Å². The molecule has 0 aromatic rings. The van der Waals surface area contributed by atoms with E-state index in [0.717, 1.165) is 13.0 Å². The first-order valence-electron chi connectivity index (χ1n) is 5.79. The lowest BCUT2D eigenvalue weighted by Crippen LogP contribution is -2.29. The number of hydrogen-bond acceptors (Lipinski definition) is 4. The number of aliphatic hydroxyl groups excluding tert-OH is 1. The molecule has 4 heteroatoms. The van der Waals surface area contributed by atoms with Crippen molar-refractivity contribution in [1.82, 2.24) is 4.90 Å². The fourth-order valence-corrected chi connectivity index (χ4v) is 1.19. The number of rotatable bonds is 6. The van der Waals surface area contributed by atoms with E-state index in [4.69, 9.17) is 9.84 Å². The van der Waals surface area contributed by atoms with Gasteiger partial charge in [0.2, 0.25) is 0 Å². The number of hydrogen-bond donors (Lipinski definition) is 1. The van der Waals surface area contributed by atoms with Crippen LogP contribution in [0.3, 0.4) is 0 Å². The van der Waals surface area contributed by atoms with E-state index in [9.17, 15) is 4.79 Å². The molecule has 0 aliphatic heterocycles. The fourth-order valence-electron chi connectivity index (χ4n) is 1.19. The third-order valence-corrected chi connectivity index (χ3v) is 2.05. The first-order valence-corrected chi connectivity index (χ1v) is 5.79. The van der Waals surface area contributed by atoms with E-state index in [2.05, 4.69) is 0 Å². The summed E-state index contributed by atoms with van der Waals surface area (Å²) in [6, 6.07) is 0. The zero-order valence-corrected chi connectivity index (χ0v) is 11.1. The van der Waals surface area contributed by atoms with E-state index >= 15 is 0 Å². The highest BCUT2D eigenvalue weighted by atomic mass is 16.6. The molecule has 0 amide bonds. The molecule has 1 unspecified atom stereocenters. The van der Waals surface area contributed by atoms with Gasteiger partial charge < -0.3 is 14.7 Å². The maximum atomic E-state index is 11.4. The van der Waals surface area contributed by atoms with Gasteiger partial charge in [-0.1, -0.05) is 0 Å². The van der Waals surface area contributed by atoms with Crippen LogP contribution in [-0.2, 0) is 9.53 Å². The highest BCUT2D eigenvalue weighted by Gasteiger charge is 2.16. The number of ether oxygens (including phenoxy) is 1. The van der Waals surface area contributed by atoms with Gasteiger partial charge in [-0.2, -0.15) is 0 Å². The van der Waals surface area contributed by atoms with Crippen molar-refractivity contribution in [2.24, 2.45) is 0 Å². The van der Waals surface area contributed by atoms with Crippen molar-refractivity contribution in [3.05, 3.63) is 0 Å². The highest BCUT2D eigenvalue weighted by molar-refractivity contribution is 5.70. The molecule has 0 aliphatic rings. The molecule has 0 spiro atoms. The zero-order valence-electron chi connectivity index (χ0n) is 11.1. The van der Waals surface area contributed by atoms with Gasteiger partial charge in [0, 0.05) is 13.1 Å². The maximum Gasteiger partial charge on any atom is 0.307 e. The second kappa shape index (κ2) is 6.86. The van der Waals surface area contributed by atoms with Gasteiger partial charge in [-0.25, -0.2) is 0 Å². The van der Waals surface area contributed by atoms with Crippen LogP contribution >= 0.6 is 0 Å². The molecule has 0 rings (SSSR count). The Morgan fingerprint density at radius 3 is 2.38 bits per heavy atom. The Hall–Kier alpha value is -0.610. The minimum Gasteiger partial charge on any atom is -0.460 e. The predicted octanol–water partition coefficient (Wildman–Crippen LogP) is 1.42. The fraction of sp³-hybridized carbons (Fsp3) is 0.917. The molecule has 0 heterocycles. The molecular formula is C12H25NO3. The maximum absolute atomic E-state index is 11.4. The van der Waals surface area contributed by atoms with Crippen molar-refractivity contribution in [3.8, 4) is 0 Å². The van der Waals surface area contributed by atoms with Crippen molar-refractivity contribution in [2.45, 2.75) is 52.2 Å². The lowest BCUT2D eigenvalue weighted by Gasteiger charge is -2.21. The van der Waals surface area contributed by atoms with Gasteiger partial charge in [0.25, 0.3) is 0 Å². The summed E-state index contributed by atoms with van der Waals surface area (Å²) in [4.78, 5) is 13.4. The molecule has 0 radical (unpaired) electrons. The predicted molar refractivity (Wildman–Crippen MR) is 64.3 cm³/mol. The first kappa shape index (κ1) is 15.4. The van der Waals surface area contributed by atoms with Crippen molar-refractivity contribution in [1.29, 1.82) is 0 Å². The van der Waals surface area contributed by atoms with E-state index in [1.54, 1.807) is 6.92 Å². The van der Waals surface area contributed by atoms with E-state index in [1.807, 2.05) is 32.7 Å². The van der Waals surface area contributed by atoms with Crippen LogP contribution in [-0.4, -0.2) is 47.8 Å². The van der Waals surface area contributed by atoms with Gasteiger partial charge in [0.1, 0.15) is 5.60 Å². The van der Waals surface area contributed by atoms with E-state index in [-0.39, 0.29) is 12.1 Å². The SMILES string of the molecule is CC(O)CCN(C)CCC(=O)OC(C)(C)C. The smallest absolute Gasteiger partial charge is 0.307 e. The Kier molecular flexibility index (Phi) is 6.60. The average Bonchev–Trinajstić information content (AvgIpc) is 2.08. The Morgan fingerprint density at radius 2 is 1.94 bits per heavy atom. The van der Waals surface area contributed by atoms with E-state index < -0.39 is 5.60 Å². The lowest BCUT2D eigenvalue weighted by atomic mass is 10.2. The largest absolute Gasteiger partial charge is 0.460 e. The molecule has 96 valence electrons. The Morgan fingerprint density at radius 1 is 1.38 bits per heavy atom. The minimum absolute atomic E-state index is 0.170. The Labute approximate surface area is 98.6 Å². The number of carbonyl (C=O) groups excluding carboxylic acids is 1. The second-order valence-corrected chi connectivity index (χ2v) is 5.28. The minimum atomic E-state index is -0.407. The number of carbonyl (C=O) groups is 1. The molecule has 0 aromatic carbocycles. The molecule has 0 saturated heterocycles. The van der Waals surface area contributed by atoms with Gasteiger partial charge in [0.05, 0.1) is 12.5 Å². The van der Waals surface area contributed by atoms with Crippen LogP contribution in [0.4, 0.5) is 0 Å². The number of aliphatic hydroxyl groups is 1. The number of nitrogens with zero attached hydrogens (tertiary/aromatic N) is 1. The van der Waals surface area contributed by atoms with Crippen LogP contribution in [0.25, 0.3) is 0 Å². The van der Waals surface area contributed by atoms with Crippen molar-refractivity contribution < 1.29 is 14.6 Å². The molecule has 4 nitrogen and oxygen atoms in total. The summed E-state index contributed by atoms with van der Waals surface area (Å²) >= 11 is 0. The second-order valence-electron chi connectivity index (χ2n) is 5.28. The normalized spacial score (nSPS) is 13.9. The third-order valence-electron chi connectivity index (χ3n) is 2.05. The molecule has 0 bridgehead atoms. The van der Waals surface area contributed by atoms with Crippen LogP contribution in [0.5, 0.6) is 0 Å². The van der Waals surface area contributed by atoms with Crippen LogP contribution in [0.2, 0.25) is 0 Å². The molecule has 0 aliphatic carbocycles. The van der Waals surface area contributed by atoms with Crippen LogP contribution < -0.4 is 0 Å². The average molecular weight is 231 g/mol. The van der Waals surface area contributed by atoms with Gasteiger partial charge in [0.15, 0.2) is 0 Å².